The second-order valence-corrected chi connectivity index (χ2v) is 12.7. The minimum Gasteiger partial charge on any atom is -0.271 e. The average molecular weight is 555 g/mol. The maximum Gasteiger partial charge on any atom is 0.261 e. The highest BCUT2D eigenvalue weighted by Crippen LogP contribution is 2.47. The van der Waals surface area contributed by atoms with E-state index in [4.69, 9.17) is 0 Å². The minimum atomic E-state index is -0.196. The SMILES string of the molecule is O=C1c2ccc3c4ccc5c6c(ccc(c7ccc(c2c37)C(=O)N1C1CCCCC1)c64)C(=O)N(C1CCCCC1)C5=O. The van der Waals surface area contributed by atoms with Crippen LogP contribution in [0.25, 0.3) is 43.1 Å². The molecule has 42 heavy (non-hydrogen) atoms. The molecule has 0 aromatic heterocycles. The van der Waals surface area contributed by atoms with Crippen molar-refractivity contribution >= 4 is 66.7 Å². The zero-order chi connectivity index (χ0) is 28.3. The van der Waals surface area contributed by atoms with E-state index in [2.05, 4.69) is 0 Å². The zero-order valence-corrected chi connectivity index (χ0v) is 23.4. The van der Waals surface area contributed by atoms with Gasteiger partial charge in [0, 0.05) is 45.1 Å². The molecular formula is C36H30N2O4. The Morgan fingerprint density at radius 2 is 0.667 bits per heavy atom. The summed E-state index contributed by atoms with van der Waals surface area (Å²) in [6, 6.07) is 15.4. The van der Waals surface area contributed by atoms with Crippen LogP contribution in [0.15, 0.2) is 48.5 Å². The second kappa shape index (κ2) is 8.60. The van der Waals surface area contributed by atoms with E-state index in [1.54, 1.807) is 0 Å². The number of imide groups is 2. The van der Waals surface area contributed by atoms with E-state index in [9.17, 15) is 19.2 Å². The molecular weight excluding hydrogens is 524 g/mol. The molecule has 2 fully saturated rings. The first-order valence-corrected chi connectivity index (χ1v) is 15.5. The Balaban J connectivity index is 1.29. The first-order chi connectivity index (χ1) is 20.5. The Bertz CT molecular complexity index is 1780. The topological polar surface area (TPSA) is 74.8 Å². The summed E-state index contributed by atoms with van der Waals surface area (Å²) in [4.78, 5) is 58.5. The summed E-state index contributed by atoms with van der Waals surface area (Å²) < 4.78 is 0. The lowest BCUT2D eigenvalue weighted by molar-refractivity contribution is 0.0487. The molecule has 2 saturated carbocycles. The minimum absolute atomic E-state index is 0.0469. The molecule has 0 saturated heterocycles. The van der Waals surface area contributed by atoms with Crippen LogP contribution in [-0.2, 0) is 0 Å². The summed E-state index contributed by atoms with van der Waals surface area (Å²) in [5.74, 6) is -0.785. The van der Waals surface area contributed by atoms with Crippen LogP contribution in [-0.4, -0.2) is 45.5 Å². The van der Waals surface area contributed by atoms with Crippen molar-refractivity contribution in [3.05, 3.63) is 70.8 Å². The highest BCUT2D eigenvalue weighted by atomic mass is 16.2. The molecule has 0 atom stereocenters. The first-order valence-electron chi connectivity index (χ1n) is 15.5. The lowest BCUT2D eigenvalue weighted by Crippen LogP contribution is -2.47. The molecule has 4 amide bonds. The van der Waals surface area contributed by atoms with Crippen molar-refractivity contribution in [3.63, 3.8) is 0 Å². The molecule has 2 heterocycles. The summed E-state index contributed by atoms with van der Waals surface area (Å²) in [5, 5.41) is 6.99. The fourth-order valence-corrected chi connectivity index (χ4v) is 8.65. The normalized spacial score (nSPS) is 20.3. The van der Waals surface area contributed by atoms with E-state index < -0.39 is 0 Å². The molecule has 0 bridgehead atoms. The predicted octanol–water partition coefficient (Wildman–Crippen LogP) is 7.59. The highest BCUT2D eigenvalue weighted by Gasteiger charge is 2.41. The summed E-state index contributed by atoms with van der Waals surface area (Å²) in [6.07, 6.45) is 9.90. The maximum atomic E-state index is 13.9. The smallest absolute Gasteiger partial charge is 0.261 e. The zero-order valence-electron chi connectivity index (χ0n) is 23.4. The lowest BCUT2D eigenvalue weighted by atomic mass is 9.81. The number of rotatable bonds is 2. The van der Waals surface area contributed by atoms with Crippen molar-refractivity contribution in [2.75, 3.05) is 0 Å². The number of fused-ring (bicyclic) bond motifs is 2. The van der Waals surface area contributed by atoms with E-state index in [0.717, 1.165) is 107 Å². The Morgan fingerprint density at radius 3 is 0.952 bits per heavy atom. The number of nitrogens with zero attached hydrogens (tertiary/aromatic N) is 2. The van der Waals surface area contributed by atoms with Gasteiger partial charge in [-0.05, 0) is 82.3 Å². The summed E-state index contributed by atoms with van der Waals surface area (Å²) in [7, 11) is 0. The van der Waals surface area contributed by atoms with Crippen LogP contribution in [0.1, 0.15) is 106 Å². The third-order valence-corrected chi connectivity index (χ3v) is 10.6. The number of amides is 4. The van der Waals surface area contributed by atoms with Crippen molar-refractivity contribution in [1.29, 1.82) is 0 Å². The summed E-state index contributed by atoms with van der Waals surface area (Å²) in [6.45, 7) is 0. The van der Waals surface area contributed by atoms with Gasteiger partial charge < -0.3 is 0 Å². The standard InChI is InChI=1S/C36H30N2O4/c39-33-25-15-11-21-23-13-17-27-32-28(36(42)38(35(27)41)20-9-5-2-6-10-20)18-14-24(30(23)32)22-12-16-26(31(25)29(21)22)34(40)37(33)19-7-3-1-4-8-19/h11-20H,1-10H2. The van der Waals surface area contributed by atoms with Crippen LogP contribution in [0.3, 0.4) is 0 Å². The Morgan fingerprint density at radius 1 is 0.381 bits per heavy atom. The Kier molecular flexibility index (Phi) is 4.98. The monoisotopic (exact) mass is 554 g/mol. The van der Waals surface area contributed by atoms with Gasteiger partial charge in [0.2, 0.25) is 0 Å². The molecule has 2 aliphatic heterocycles. The van der Waals surface area contributed by atoms with Gasteiger partial charge in [-0.2, -0.15) is 0 Å². The van der Waals surface area contributed by atoms with E-state index in [-0.39, 0.29) is 35.7 Å². The fraction of sp³-hybridized carbons (Fsp3) is 0.333. The molecule has 2 aliphatic carbocycles. The van der Waals surface area contributed by atoms with Crippen molar-refractivity contribution in [2.24, 2.45) is 0 Å². The van der Waals surface area contributed by atoms with Crippen LogP contribution in [0.4, 0.5) is 0 Å². The van der Waals surface area contributed by atoms with E-state index in [1.807, 2.05) is 48.5 Å². The third kappa shape index (κ3) is 3.00. The molecule has 5 aromatic carbocycles. The molecule has 9 rings (SSSR count). The maximum absolute atomic E-state index is 13.9. The van der Waals surface area contributed by atoms with E-state index in [1.165, 1.54) is 9.80 Å². The molecule has 5 aromatic rings. The summed E-state index contributed by atoms with van der Waals surface area (Å²) in [5.41, 5.74) is 2.33. The van der Waals surface area contributed by atoms with E-state index >= 15 is 0 Å². The van der Waals surface area contributed by atoms with Crippen LogP contribution < -0.4 is 0 Å². The van der Waals surface area contributed by atoms with Gasteiger partial charge in [0.25, 0.3) is 23.6 Å². The van der Waals surface area contributed by atoms with Gasteiger partial charge in [-0.15, -0.1) is 0 Å². The van der Waals surface area contributed by atoms with Gasteiger partial charge in [-0.25, -0.2) is 0 Å². The number of carbonyl (C=O) groups is 4. The van der Waals surface area contributed by atoms with Crippen LogP contribution in [0.2, 0.25) is 0 Å². The quantitative estimate of drug-likeness (QED) is 0.128. The van der Waals surface area contributed by atoms with Crippen molar-refractivity contribution < 1.29 is 19.2 Å². The molecule has 6 heteroatoms. The van der Waals surface area contributed by atoms with Crippen molar-refractivity contribution in [3.8, 4) is 0 Å². The summed E-state index contributed by atoms with van der Waals surface area (Å²) >= 11 is 0. The number of hydrogen-bond donors (Lipinski definition) is 0. The lowest BCUT2D eigenvalue weighted by Gasteiger charge is -2.37. The molecule has 0 unspecified atom stereocenters. The largest absolute Gasteiger partial charge is 0.271 e. The number of benzene rings is 5. The number of hydrogen-bond acceptors (Lipinski definition) is 4. The molecule has 208 valence electrons. The van der Waals surface area contributed by atoms with Gasteiger partial charge in [0.05, 0.1) is 0 Å². The van der Waals surface area contributed by atoms with E-state index in [0.29, 0.717) is 22.3 Å². The highest BCUT2D eigenvalue weighted by molar-refractivity contribution is 6.41. The van der Waals surface area contributed by atoms with Crippen molar-refractivity contribution in [1.82, 2.24) is 9.80 Å². The van der Waals surface area contributed by atoms with Crippen molar-refractivity contribution in [2.45, 2.75) is 76.3 Å². The third-order valence-electron chi connectivity index (χ3n) is 10.6. The average Bonchev–Trinajstić information content (AvgIpc) is 3.03. The number of carbonyl (C=O) groups excluding carboxylic acids is 4. The molecule has 0 spiro atoms. The van der Waals surface area contributed by atoms with Gasteiger partial charge >= 0.3 is 0 Å². The van der Waals surface area contributed by atoms with Crippen LogP contribution in [0, 0.1) is 0 Å². The second-order valence-electron chi connectivity index (χ2n) is 12.7. The fourth-order valence-electron chi connectivity index (χ4n) is 8.65. The van der Waals surface area contributed by atoms with Crippen LogP contribution in [0.5, 0.6) is 0 Å². The van der Waals surface area contributed by atoms with Crippen LogP contribution >= 0.6 is 0 Å². The van der Waals surface area contributed by atoms with Gasteiger partial charge in [-0.3, -0.25) is 29.0 Å². The van der Waals surface area contributed by atoms with Gasteiger partial charge in [0.15, 0.2) is 0 Å². The predicted molar refractivity (Wildman–Crippen MR) is 162 cm³/mol. The molecule has 0 N–H and O–H groups in total. The van der Waals surface area contributed by atoms with Gasteiger partial charge in [0.1, 0.15) is 0 Å². The molecule has 0 radical (unpaired) electrons. The van der Waals surface area contributed by atoms with Gasteiger partial charge in [-0.1, -0.05) is 62.8 Å². The molecule has 6 nitrogen and oxygen atoms in total. The Hall–Kier alpha value is -4.32. The molecule has 4 aliphatic rings. The Labute approximate surface area is 242 Å². The first kappa shape index (κ1) is 24.3.